The van der Waals surface area contributed by atoms with Gasteiger partial charge in [0.15, 0.2) is 9.84 Å². The molecule has 0 heterocycles. The Kier molecular flexibility index (Phi) is 7.34. The fraction of sp³-hybridized carbons (Fsp3) is 0.533. The van der Waals surface area contributed by atoms with E-state index >= 15 is 0 Å². The lowest BCUT2D eigenvalue weighted by atomic mass is 10.2. The number of nitrogens with one attached hydrogen (secondary N) is 2. The van der Waals surface area contributed by atoms with Crippen LogP contribution in [-0.2, 0) is 19.4 Å². The molecule has 1 aromatic rings. The van der Waals surface area contributed by atoms with Gasteiger partial charge >= 0.3 is 0 Å². The minimum atomic E-state index is -3.27. The van der Waals surface area contributed by atoms with Gasteiger partial charge in [0, 0.05) is 31.7 Å². The summed E-state index contributed by atoms with van der Waals surface area (Å²) < 4.78 is 28.5. The van der Waals surface area contributed by atoms with Crippen LogP contribution in [0.5, 0.6) is 0 Å². The summed E-state index contributed by atoms with van der Waals surface area (Å²) in [6.07, 6.45) is 1.94. The molecule has 0 spiro atoms. The first-order valence-electron chi connectivity index (χ1n) is 7.24. The highest BCUT2D eigenvalue weighted by Crippen LogP contribution is 2.22. The minimum absolute atomic E-state index is 0.0999. The molecule has 1 rings (SSSR count). The van der Waals surface area contributed by atoms with E-state index in [2.05, 4.69) is 10.6 Å². The highest BCUT2D eigenvalue weighted by Gasteiger charge is 2.13. The Morgan fingerprint density at radius 2 is 2.05 bits per heavy atom. The monoisotopic (exact) mass is 328 g/mol. The molecule has 6 nitrogen and oxygen atoms in total. The van der Waals surface area contributed by atoms with Crippen LogP contribution in [-0.4, -0.2) is 46.9 Å². The van der Waals surface area contributed by atoms with Crippen molar-refractivity contribution in [2.24, 2.45) is 0 Å². The maximum Gasteiger partial charge on any atom is 0.239 e. The molecule has 2 N–H and O–H groups in total. The Balaban J connectivity index is 2.50. The second-order valence-electron chi connectivity index (χ2n) is 4.95. The van der Waals surface area contributed by atoms with Crippen LogP contribution < -0.4 is 10.6 Å². The van der Waals surface area contributed by atoms with Gasteiger partial charge in [0.2, 0.25) is 5.91 Å². The fourth-order valence-corrected chi connectivity index (χ4v) is 2.98. The molecule has 0 fully saturated rings. The van der Waals surface area contributed by atoms with Crippen LogP contribution in [0.1, 0.15) is 18.9 Å². The number of ether oxygens (including phenoxy) is 1. The predicted octanol–water partition coefficient (Wildman–Crippen LogP) is 1.35. The van der Waals surface area contributed by atoms with Gasteiger partial charge in [0.05, 0.1) is 11.4 Å². The number of rotatable bonds is 9. The van der Waals surface area contributed by atoms with E-state index in [4.69, 9.17) is 4.74 Å². The van der Waals surface area contributed by atoms with E-state index in [9.17, 15) is 13.2 Å². The third-order valence-corrected chi connectivity index (χ3v) is 4.36. The summed E-state index contributed by atoms with van der Waals surface area (Å²) in [6.45, 7) is 5.60. The largest absolute Gasteiger partial charge is 0.382 e. The van der Waals surface area contributed by atoms with Crippen molar-refractivity contribution >= 4 is 21.4 Å². The van der Waals surface area contributed by atoms with Crippen LogP contribution in [0.15, 0.2) is 23.1 Å². The van der Waals surface area contributed by atoms with Gasteiger partial charge in [0.25, 0.3) is 0 Å². The van der Waals surface area contributed by atoms with Crippen molar-refractivity contribution in [3.05, 3.63) is 23.8 Å². The number of hydrogen-bond donors (Lipinski definition) is 2. The van der Waals surface area contributed by atoms with E-state index in [1.54, 1.807) is 25.1 Å². The van der Waals surface area contributed by atoms with Gasteiger partial charge in [0.1, 0.15) is 0 Å². The Morgan fingerprint density at radius 3 is 2.68 bits per heavy atom. The first kappa shape index (κ1) is 18.4. The van der Waals surface area contributed by atoms with E-state index in [1.165, 1.54) is 6.26 Å². The molecule has 0 aromatic heterocycles. The van der Waals surface area contributed by atoms with E-state index in [0.29, 0.717) is 31.0 Å². The first-order valence-corrected chi connectivity index (χ1v) is 9.13. The molecule has 0 saturated carbocycles. The van der Waals surface area contributed by atoms with Crippen LogP contribution in [0, 0.1) is 6.92 Å². The number of amides is 1. The molecule has 0 unspecified atom stereocenters. The highest BCUT2D eigenvalue weighted by atomic mass is 32.2. The number of anilines is 1. The quantitative estimate of drug-likeness (QED) is 0.669. The van der Waals surface area contributed by atoms with Gasteiger partial charge < -0.3 is 15.4 Å². The molecule has 0 bridgehead atoms. The second-order valence-corrected chi connectivity index (χ2v) is 6.94. The standard InChI is InChI=1S/C15H24N2O4S/c1-4-21-10-6-9-16-15(18)11-17-13-7-5-8-14(12(13)2)22(3,19)20/h5,7-8,17H,4,6,9-11H2,1-3H3,(H,16,18). The zero-order valence-corrected chi connectivity index (χ0v) is 14.1. The topological polar surface area (TPSA) is 84.5 Å². The fourth-order valence-electron chi connectivity index (χ4n) is 1.99. The molecule has 0 aliphatic heterocycles. The summed E-state index contributed by atoms with van der Waals surface area (Å²) in [5.41, 5.74) is 1.27. The van der Waals surface area contributed by atoms with Gasteiger partial charge in [-0.3, -0.25) is 4.79 Å². The minimum Gasteiger partial charge on any atom is -0.382 e. The Hall–Kier alpha value is -1.60. The second kappa shape index (κ2) is 8.75. The molecule has 0 radical (unpaired) electrons. The summed E-state index contributed by atoms with van der Waals surface area (Å²) in [5, 5.41) is 5.75. The maximum atomic E-state index is 11.7. The third kappa shape index (κ3) is 6.03. The molecule has 124 valence electrons. The maximum absolute atomic E-state index is 11.7. The Bertz CT molecular complexity index is 600. The summed E-state index contributed by atoms with van der Waals surface area (Å²) in [4.78, 5) is 12.0. The van der Waals surface area contributed by atoms with Gasteiger partial charge in [-0.2, -0.15) is 0 Å². The van der Waals surface area contributed by atoms with Crippen molar-refractivity contribution in [3.8, 4) is 0 Å². The summed E-state index contributed by atoms with van der Waals surface area (Å²) >= 11 is 0. The molecule has 22 heavy (non-hydrogen) atoms. The van der Waals surface area contributed by atoms with E-state index in [0.717, 1.165) is 6.42 Å². The van der Waals surface area contributed by atoms with Crippen molar-refractivity contribution in [1.29, 1.82) is 0 Å². The van der Waals surface area contributed by atoms with Crippen LogP contribution in [0.3, 0.4) is 0 Å². The van der Waals surface area contributed by atoms with Gasteiger partial charge in [-0.15, -0.1) is 0 Å². The van der Waals surface area contributed by atoms with Crippen molar-refractivity contribution in [2.75, 3.05) is 37.9 Å². The Morgan fingerprint density at radius 1 is 1.32 bits per heavy atom. The zero-order chi connectivity index (χ0) is 16.6. The van der Waals surface area contributed by atoms with Crippen LogP contribution in [0.4, 0.5) is 5.69 Å². The van der Waals surface area contributed by atoms with E-state index in [1.807, 2.05) is 6.92 Å². The average molecular weight is 328 g/mol. The molecule has 1 aromatic carbocycles. The SMILES string of the molecule is CCOCCCNC(=O)CNc1cccc(S(C)(=O)=O)c1C. The molecule has 7 heteroatoms. The number of hydrogen-bond acceptors (Lipinski definition) is 5. The lowest BCUT2D eigenvalue weighted by Gasteiger charge is -2.12. The van der Waals surface area contributed by atoms with Crippen LogP contribution in [0.25, 0.3) is 0 Å². The number of benzene rings is 1. The lowest BCUT2D eigenvalue weighted by Crippen LogP contribution is -2.31. The number of carbonyl (C=O) groups is 1. The lowest BCUT2D eigenvalue weighted by molar-refractivity contribution is -0.119. The average Bonchev–Trinajstić information content (AvgIpc) is 2.44. The van der Waals surface area contributed by atoms with Gasteiger partial charge in [-0.05, 0) is 38.0 Å². The normalized spacial score (nSPS) is 11.2. The van der Waals surface area contributed by atoms with E-state index < -0.39 is 9.84 Å². The molecular weight excluding hydrogens is 304 g/mol. The van der Waals surface area contributed by atoms with Gasteiger partial charge in [-0.25, -0.2) is 8.42 Å². The Labute approximate surface area is 132 Å². The van der Waals surface area contributed by atoms with Crippen LogP contribution >= 0.6 is 0 Å². The first-order chi connectivity index (χ1) is 10.4. The molecule has 0 aliphatic rings. The molecule has 0 aliphatic carbocycles. The summed E-state index contributed by atoms with van der Waals surface area (Å²) in [5.74, 6) is -0.138. The van der Waals surface area contributed by atoms with Crippen LogP contribution in [0.2, 0.25) is 0 Å². The molecular formula is C15H24N2O4S. The van der Waals surface area contributed by atoms with Crippen molar-refractivity contribution in [1.82, 2.24) is 5.32 Å². The molecule has 1 amide bonds. The molecule has 0 saturated heterocycles. The van der Waals surface area contributed by atoms with E-state index in [-0.39, 0.29) is 17.3 Å². The molecule has 0 atom stereocenters. The van der Waals surface area contributed by atoms with Crippen molar-refractivity contribution < 1.29 is 17.9 Å². The predicted molar refractivity (Wildman–Crippen MR) is 86.9 cm³/mol. The highest BCUT2D eigenvalue weighted by molar-refractivity contribution is 7.90. The van der Waals surface area contributed by atoms with Gasteiger partial charge in [-0.1, -0.05) is 6.07 Å². The number of carbonyl (C=O) groups excluding carboxylic acids is 1. The smallest absolute Gasteiger partial charge is 0.239 e. The summed E-state index contributed by atoms with van der Waals surface area (Å²) in [6, 6.07) is 4.97. The zero-order valence-electron chi connectivity index (χ0n) is 13.3. The van der Waals surface area contributed by atoms with Crippen molar-refractivity contribution in [2.45, 2.75) is 25.2 Å². The summed E-state index contributed by atoms with van der Waals surface area (Å²) in [7, 11) is -3.27. The third-order valence-electron chi connectivity index (χ3n) is 3.11. The van der Waals surface area contributed by atoms with Crippen molar-refractivity contribution in [3.63, 3.8) is 0 Å². The number of sulfone groups is 1.